The number of rotatable bonds is 6. The predicted molar refractivity (Wildman–Crippen MR) is 68.2 cm³/mol. The molecule has 3 heteroatoms. The average Bonchev–Trinajstić information content (AvgIpc) is 3.13. The summed E-state index contributed by atoms with van der Waals surface area (Å²) < 4.78 is 13.3. The first-order valence-electron chi connectivity index (χ1n) is 6.47. The van der Waals surface area contributed by atoms with Crippen LogP contribution in [0.4, 0.5) is 4.39 Å². The summed E-state index contributed by atoms with van der Waals surface area (Å²) in [5, 5.41) is 0. The lowest BCUT2D eigenvalue weighted by atomic mass is 10.0. The Morgan fingerprint density at radius 3 is 2.76 bits per heavy atom. The van der Waals surface area contributed by atoms with E-state index in [4.69, 9.17) is 5.73 Å². The number of halogens is 1. The molecule has 1 aliphatic carbocycles. The van der Waals surface area contributed by atoms with E-state index < -0.39 is 0 Å². The van der Waals surface area contributed by atoms with Crippen molar-refractivity contribution in [2.45, 2.75) is 38.3 Å². The molecule has 0 aromatic heterocycles. The van der Waals surface area contributed by atoms with Gasteiger partial charge in [-0.1, -0.05) is 19.1 Å². The highest BCUT2D eigenvalue weighted by atomic mass is 19.1. The first-order chi connectivity index (χ1) is 8.26. The molecule has 1 aromatic carbocycles. The number of hydrogen-bond acceptors (Lipinski definition) is 2. The van der Waals surface area contributed by atoms with E-state index in [1.165, 1.54) is 18.9 Å². The molecule has 2 rings (SSSR count). The van der Waals surface area contributed by atoms with Gasteiger partial charge in [-0.3, -0.25) is 4.90 Å². The van der Waals surface area contributed by atoms with Crippen LogP contribution in [0.3, 0.4) is 0 Å². The standard InChI is InChI=1S/C14H21FN2/c1-2-8-17(13-6-7-13)14(10-16)11-4-3-5-12(15)9-11/h3-5,9,13-14H,2,6-8,10,16H2,1H3. The summed E-state index contributed by atoms with van der Waals surface area (Å²) in [7, 11) is 0. The molecule has 0 spiro atoms. The van der Waals surface area contributed by atoms with E-state index in [1.54, 1.807) is 12.1 Å². The third kappa shape index (κ3) is 3.05. The Hall–Kier alpha value is -0.930. The normalized spacial score (nSPS) is 17.4. The molecule has 0 saturated heterocycles. The van der Waals surface area contributed by atoms with E-state index in [-0.39, 0.29) is 11.9 Å². The van der Waals surface area contributed by atoms with Crippen LogP contribution in [0.1, 0.15) is 37.8 Å². The van der Waals surface area contributed by atoms with Crippen molar-refractivity contribution in [3.05, 3.63) is 35.6 Å². The van der Waals surface area contributed by atoms with Crippen LogP contribution in [0.15, 0.2) is 24.3 Å². The summed E-state index contributed by atoms with van der Waals surface area (Å²) in [5.74, 6) is -0.173. The van der Waals surface area contributed by atoms with Crippen LogP contribution >= 0.6 is 0 Å². The van der Waals surface area contributed by atoms with Gasteiger partial charge in [0.25, 0.3) is 0 Å². The maximum Gasteiger partial charge on any atom is 0.123 e. The molecule has 2 N–H and O–H groups in total. The Balaban J connectivity index is 2.18. The molecule has 0 aliphatic heterocycles. The van der Waals surface area contributed by atoms with Gasteiger partial charge in [-0.2, -0.15) is 0 Å². The number of benzene rings is 1. The van der Waals surface area contributed by atoms with Gasteiger partial charge in [0, 0.05) is 18.6 Å². The molecular formula is C14H21FN2. The minimum absolute atomic E-state index is 0.165. The van der Waals surface area contributed by atoms with Crippen molar-refractivity contribution >= 4 is 0 Å². The molecule has 1 aliphatic rings. The number of nitrogens with zero attached hydrogens (tertiary/aromatic N) is 1. The van der Waals surface area contributed by atoms with Gasteiger partial charge in [-0.25, -0.2) is 4.39 Å². The lowest BCUT2D eigenvalue weighted by Crippen LogP contribution is -2.36. The van der Waals surface area contributed by atoms with E-state index in [0.717, 1.165) is 18.5 Å². The summed E-state index contributed by atoms with van der Waals surface area (Å²) in [6.07, 6.45) is 3.62. The quantitative estimate of drug-likeness (QED) is 0.823. The van der Waals surface area contributed by atoms with Gasteiger partial charge in [-0.15, -0.1) is 0 Å². The second-order valence-corrected chi connectivity index (χ2v) is 4.78. The van der Waals surface area contributed by atoms with Gasteiger partial charge >= 0.3 is 0 Å². The average molecular weight is 236 g/mol. The lowest BCUT2D eigenvalue weighted by molar-refractivity contribution is 0.191. The van der Waals surface area contributed by atoms with Crippen LogP contribution in [0.5, 0.6) is 0 Å². The van der Waals surface area contributed by atoms with Crippen LogP contribution < -0.4 is 5.73 Å². The summed E-state index contributed by atoms with van der Waals surface area (Å²) in [5.41, 5.74) is 6.89. The molecule has 0 amide bonds. The van der Waals surface area contributed by atoms with E-state index in [2.05, 4.69) is 11.8 Å². The van der Waals surface area contributed by atoms with Crippen LogP contribution in [0, 0.1) is 5.82 Å². The molecule has 2 nitrogen and oxygen atoms in total. The minimum Gasteiger partial charge on any atom is -0.329 e. The van der Waals surface area contributed by atoms with Crippen LogP contribution in [0.2, 0.25) is 0 Å². The largest absolute Gasteiger partial charge is 0.329 e. The number of nitrogens with two attached hydrogens (primary N) is 1. The third-order valence-electron chi connectivity index (χ3n) is 3.35. The molecule has 1 unspecified atom stereocenters. The lowest BCUT2D eigenvalue weighted by Gasteiger charge is -2.31. The van der Waals surface area contributed by atoms with Crippen molar-refractivity contribution < 1.29 is 4.39 Å². The smallest absolute Gasteiger partial charge is 0.123 e. The zero-order valence-electron chi connectivity index (χ0n) is 10.4. The monoisotopic (exact) mass is 236 g/mol. The van der Waals surface area contributed by atoms with E-state index in [1.807, 2.05) is 6.07 Å². The second kappa shape index (κ2) is 5.61. The Kier molecular flexibility index (Phi) is 4.13. The molecule has 1 aromatic rings. The van der Waals surface area contributed by atoms with Gasteiger partial charge in [0.1, 0.15) is 5.82 Å². The molecule has 1 saturated carbocycles. The van der Waals surface area contributed by atoms with Gasteiger partial charge in [0.05, 0.1) is 0 Å². The fourth-order valence-corrected chi connectivity index (χ4v) is 2.43. The van der Waals surface area contributed by atoms with E-state index in [9.17, 15) is 4.39 Å². The second-order valence-electron chi connectivity index (χ2n) is 4.78. The van der Waals surface area contributed by atoms with Crippen LogP contribution in [0.25, 0.3) is 0 Å². The maximum atomic E-state index is 13.3. The zero-order valence-corrected chi connectivity index (χ0v) is 10.4. The Bertz CT molecular complexity index is 363. The van der Waals surface area contributed by atoms with Gasteiger partial charge in [0.2, 0.25) is 0 Å². The summed E-state index contributed by atoms with van der Waals surface area (Å²) in [6, 6.07) is 7.67. The van der Waals surface area contributed by atoms with Crippen molar-refractivity contribution in [2.75, 3.05) is 13.1 Å². The van der Waals surface area contributed by atoms with Crippen molar-refractivity contribution in [3.8, 4) is 0 Å². The van der Waals surface area contributed by atoms with E-state index >= 15 is 0 Å². The summed E-state index contributed by atoms with van der Waals surface area (Å²) >= 11 is 0. The third-order valence-corrected chi connectivity index (χ3v) is 3.35. The summed E-state index contributed by atoms with van der Waals surface area (Å²) in [4.78, 5) is 2.44. The fraction of sp³-hybridized carbons (Fsp3) is 0.571. The first-order valence-corrected chi connectivity index (χ1v) is 6.47. The van der Waals surface area contributed by atoms with Gasteiger partial charge in [0.15, 0.2) is 0 Å². The van der Waals surface area contributed by atoms with Crippen LogP contribution in [-0.4, -0.2) is 24.0 Å². The molecule has 0 bridgehead atoms. The molecule has 1 fully saturated rings. The number of hydrogen-bond donors (Lipinski definition) is 1. The first kappa shape index (κ1) is 12.5. The molecular weight excluding hydrogens is 215 g/mol. The van der Waals surface area contributed by atoms with E-state index in [0.29, 0.717) is 12.6 Å². The Morgan fingerprint density at radius 2 is 2.24 bits per heavy atom. The van der Waals surface area contributed by atoms with Gasteiger partial charge < -0.3 is 5.73 Å². The van der Waals surface area contributed by atoms with Crippen molar-refractivity contribution in [3.63, 3.8) is 0 Å². The van der Waals surface area contributed by atoms with Crippen molar-refractivity contribution in [1.82, 2.24) is 4.90 Å². The topological polar surface area (TPSA) is 29.3 Å². The molecule has 0 radical (unpaired) electrons. The Morgan fingerprint density at radius 1 is 1.47 bits per heavy atom. The molecule has 1 atom stereocenters. The molecule has 17 heavy (non-hydrogen) atoms. The highest BCUT2D eigenvalue weighted by molar-refractivity contribution is 5.21. The highest BCUT2D eigenvalue weighted by Gasteiger charge is 2.33. The fourth-order valence-electron chi connectivity index (χ4n) is 2.43. The van der Waals surface area contributed by atoms with Crippen molar-refractivity contribution in [1.29, 1.82) is 0 Å². The Labute approximate surface area is 103 Å². The molecule has 94 valence electrons. The molecule has 0 heterocycles. The van der Waals surface area contributed by atoms with Crippen LogP contribution in [-0.2, 0) is 0 Å². The van der Waals surface area contributed by atoms with Crippen molar-refractivity contribution in [2.24, 2.45) is 5.73 Å². The van der Waals surface area contributed by atoms with Gasteiger partial charge in [-0.05, 0) is 43.5 Å². The minimum atomic E-state index is -0.173. The maximum absolute atomic E-state index is 13.3. The highest BCUT2D eigenvalue weighted by Crippen LogP contribution is 2.34. The zero-order chi connectivity index (χ0) is 12.3. The SMILES string of the molecule is CCCN(C1CC1)C(CN)c1cccc(F)c1. The predicted octanol–water partition coefficient (Wildman–Crippen LogP) is 2.70. The summed E-state index contributed by atoms with van der Waals surface area (Å²) in [6.45, 7) is 3.78.